The summed E-state index contributed by atoms with van der Waals surface area (Å²) in [7, 11) is 1.32. The van der Waals surface area contributed by atoms with Gasteiger partial charge in [0.15, 0.2) is 0 Å². The fraction of sp³-hybridized carbons (Fsp3) is 0.387. The normalized spacial score (nSPS) is 20.7. The molecule has 2 aliphatic rings. The predicted molar refractivity (Wildman–Crippen MR) is 140 cm³/mol. The van der Waals surface area contributed by atoms with Crippen LogP contribution in [0.3, 0.4) is 0 Å². The summed E-state index contributed by atoms with van der Waals surface area (Å²) < 4.78 is 108. The highest BCUT2D eigenvalue weighted by Crippen LogP contribution is 2.51. The van der Waals surface area contributed by atoms with E-state index in [9.17, 15) is 35.5 Å². The number of carbonyl (C=O) groups excluding carboxylic acids is 1. The number of hydrogen-bond acceptors (Lipinski definition) is 3. The van der Waals surface area contributed by atoms with Gasteiger partial charge >= 0.3 is 18.4 Å². The Morgan fingerprint density at radius 1 is 0.905 bits per heavy atom. The van der Waals surface area contributed by atoms with Crippen molar-refractivity contribution in [1.82, 2.24) is 4.90 Å². The second-order valence-electron chi connectivity index (χ2n) is 11.0. The van der Waals surface area contributed by atoms with E-state index in [4.69, 9.17) is 9.47 Å². The molecular formula is C31H28F7NO3. The van der Waals surface area contributed by atoms with Gasteiger partial charge in [-0.25, -0.2) is 9.18 Å². The number of alkyl halides is 6. The SMILES string of the molecule is COc1cc(F)c(C(C)C)cc1-c1ccc(C(F)(F)F)cc1[C@@H]1CCC2[C@@H](c3cc(C)cc(C(F)(F)F)c3)OC(=O)N21. The van der Waals surface area contributed by atoms with Crippen molar-refractivity contribution in [2.24, 2.45) is 0 Å². The summed E-state index contributed by atoms with van der Waals surface area (Å²) in [6, 6.07) is 7.74. The second kappa shape index (κ2) is 10.5. The fourth-order valence-corrected chi connectivity index (χ4v) is 6.04. The molecule has 5 rings (SSSR count). The molecule has 0 saturated carbocycles. The molecule has 2 saturated heterocycles. The number of aryl methyl sites for hydroxylation is 1. The monoisotopic (exact) mass is 595 g/mol. The Morgan fingerprint density at radius 2 is 1.60 bits per heavy atom. The van der Waals surface area contributed by atoms with Crippen LogP contribution in [0.15, 0.2) is 48.5 Å². The van der Waals surface area contributed by atoms with Crippen LogP contribution < -0.4 is 4.74 Å². The Morgan fingerprint density at radius 3 is 2.21 bits per heavy atom. The molecule has 0 radical (unpaired) electrons. The third kappa shape index (κ3) is 5.29. The van der Waals surface area contributed by atoms with Crippen LogP contribution in [0.25, 0.3) is 11.1 Å². The zero-order valence-electron chi connectivity index (χ0n) is 23.2. The van der Waals surface area contributed by atoms with Crippen molar-refractivity contribution in [2.75, 3.05) is 7.11 Å². The number of amides is 1. The number of fused-ring (bicyclic) bond motifs is 1. The van der Waals surface area contributed by atoms with Crippen molar-refractivity contribution in [2.45, 2.75) is 70.1 Å². The van der Waals surface area contributed by atoms with Crippen LogP contribution in [0.5, 0.6) is 5.75 Å². The number of carbonyl (C=O) groups is 1. The van der Waals surface area contributed by atoms with Gasteiger partial charge < -0.3 is 9.47 Å². The summed E-state index contributed by atoms with van der Waals surface area (Å²) in [5.74, 6) is -0.662. The molecule has 0 N–H and O–H groups in total. The molecule has 0 bridgehead atoms. The Kier molecular flexibility index (Phi) is 7.43. The Balaban J connectivity index is 1.62. The molecule has 3 aromatic carbocycles. The van der Waals surface area contributed by atoms with Crippen LogP contribution in [-0.4, -0.2) is 24.1 Å². The van der Waals surface area contributed by atoms with Gasteiger partial charge in [-0.3, -0.25) is 4.90 Å². The average Bonchev–Trinajstić information content (AvgIpc) is 3.48. The number of ether oxygens (including phenoxy) is 2. The van der Waals surface area contributed by atoms with Gasteiger partial charge in [0.1, 0.15) is 17.7 Å². The van der Waals surface area contributed by atoms with Crippen molar-refractivity contribution < 1.29 is 45.0 Å². The number of cyclic esters (lactones) is 1. The highest BCUT2D eigenvalue weighted by molar-refractivity contribution is 5.78. The van der Waals surface area contributed by atoms with Crippen LogP contribution >= 0.6 is 0 Å². The van der Waals surface area contributed by atoms with E-state index in [0.717, 1.165) is 24.3 Å². The smallest absolute Gasteiger partial charge is 0.416 e. The fourth-order valence-electron chi connectivity index (χ4n) is 6.04. The van der Waals surface area contributed by atoms with Crippen molar-refractivity contribution in [3.8, 4) is 16.9 Å². The molecule has 3 aromatic rings. The van der Waals surface area contributed by atoms with E-state index < -0.39 is 53.6 Å². The lowest BCUT2D eigenvalue weighted by atomic mass is 9.89. The van der Waals surface area contributed by atoms with Gasteiger partial charge in [-0.15, -0.1) is 0 Å². The zero-order chi connectivity index (χ0) is 30.7. The molecule has 2 heterocycles. The number of rotatable bonds is 5. The van der Waals surface area contributed by atoms with E-state index >= 15 is 0 Å². The van der Waals surface area contributed by atoms with Gasteiger partial charge in [-0.1, -0.05) is 31.5 Å². The number of halogens is 7. The molecular weight excluding hydrogens is 567 g/mol. The van der Waals surface area contributed by atoms with Gasteiger partial charge in [0.25, 0.3) is 0 Å². The second-order valence-corrected chi connectivity index (χ2v) is 11.0. The van der Waals surface area contributed by atoms with Crippen LogP contribution in [0.1, 0.15) is 78.1 Å². The van der Waals surface area contributed by atoms with Gasteiger partial charge in [-0.2, -0.15) is 26.3 Å². The molecule has 224 valence electrons. The van der Waals surface area contributed by atoms with Gasteiger partial charge in [0.05, 0.1) is 30.3 Å². The summed E-state index contributed by atoms with van der Waals surface area (Å²) in [6.45, 7) is 5.06. The van der Waals surface area contributed by atoms with Crippen molar-refractivity contribution in [3.63, 3.8) is 0 Å². The quantitative estimate of drug-likeness (QED) is 0.276. The summed E-state index contributed by atoms with van der Waals surface area (Å²) in [5, 5.41) is 0. The summed E-state index contributed by atoms with van der Waals surface area (Å²) in [4.78, 5) is 14.5. The number of methoxy groups -OCH3 is 1. The molecule has 3 atom stereocenters. The lowest BCUT2D eigenvalue weighted by Gasteiger charge is -2.26. The standard InChI is InChI=1S/C31H28F7NO3/c1-15(2)21-13-23(27(41-4)14-24(21)32)20-6-5-18(30(33,34)35)12-22(20)25-7-8-26-28(42-29(40)39(25)26)17-9-16(3)10-19(11-17)31(36,37)38/h5-6,9-15,25-26,28H,7-8H2,1-4H3/t25-,26?,28+/m0/s1. The molecule has 2 aliphatic heterocycles. The summed E-state index contributed by atoms with van der Waals surface area (Å²) >= 11 is 0. The third-order valence-electron chi connectivity index (χ3n) is 7.94. The van der Waals surface area contributed by atoms with Gasteiger partial charge in [0, 0.05) is 11.6 Å². The highest BCUT2D eigenvalue weighted by atomic mass is 19.4. The lowest BCUT2D eigenvalue weighted by molar-refractivity contribution is -0.138. The molecule has 2 fully saturated rings. The summed E-state index contributed by atoms with van der Waals surface area (Å²) in [5.41, 5.74) is -0.168. The minimum Gasteiger partial charge on any atom is -0.496 e. The molecule has 42 heavy (non-hydrogen) atoms. The minimum absolute atomic E-state index is 0.105. The van der Waals surface area contributed by atoms with Gasteiger partial charge in [-0.05, 0) is 78.3 Å². The maximum atomic E-state index is 14.8. The maximum Gasteiger partial charge on any atom is 0.416 e. The van der Waals surface area contributed by atoms with E-state index in [-0.39, 0.29) is 35.6 Å². The number of nitrogens with zero attached hydrogens (tertiary/aromatic N) is 1. The van der Waals surface area contributed by atoms with E-state index in [1.54, 1.807) is 13.8 Å². The van der Waals surface area contributed by atoms with E-state index in [1.807, 2.05) is 0 Å². The largest absolute Gasteiger partial charge is 0.496 e. The first-order valence-electron chi connectivity index (χ1n) is 13.4. The molecule has 4 nitrogen and oxygen atoms in total. The van der Waals surface area contributed by atoms with Crippen molar-refractivity contribution in [3.05, 3.63) is 87.7 Å². The maximum absolute atomic E-state index is 14.8. The van der Waals surface area contributed by atoms with E-state index in [2.05, 4.69) is 0 Å². The topological polar surface area (TPSA) is 38.8 Å². The molecule has 0 spiro atoms. The Labute approximate surface area is 238 Å². The van der Waals surface area contributed by atoms with E-state index in [0.29, 0.717) is 22.3 Å². The predicted octanol–water partition coefficient (Wildman–Crippen LogP) is 9.37. The van der Waals surface area contributed by atoms with Crippen LogP contribution in [0.2, 0.25) is 0 Å². The molecule has 1 unspecified atom stereocenters. The zero-order valence-corrected chi connectivity index (χ0v) is 23.2. The first-order chi connectivity index (χ1) is 19.6. The number of benzene rings is 3. The first-order valence-corrected chi connectivity index (χ1v) is 13.4. The summed E-state index contributed by atoms with van der Waals surface area (Å²) in [6.07, 6.45) is -10.7. The molecule has 0 aromatic heterocycles. The van der Waals surface area contributed by atoms with Crippen molar-refractivity contribution >= 4 is 6.09 Å². The first kappa shape index (κ1) is 29.7. The van der Waals surface area contributed by atoms with Crippen LogP contribution in [0.4, 0.5) is 35.5 Å². The van der Waals surface area contributed by atoms with Crippen LogP contribution in [0, 0.1) is 12.7 Å². The van der Waals surface area contributed by atoms with Crippen LogP contribution in [-0.2, 0) is 17.1 Å². The van der Waals surface area contributed by atoms with E-state index in [1.165, 1.54) is 43.2 Å². The number of hydrogen-bond donors (Lipinski definition) is 0. The van der Waals surface area contributed by atoms with Gasteiger partial charge in [0.2, 0.25) is 0 Å². The minimum atomic E-state index is -4.69. The molecule has 0 aliphatic carbocycles. The molecule has 1 amide bonds. The van der Waals surface area contributed by atoms with Crippen molar-refractivity contribution in [1.29, 1.82) is 0 Å². The average molecular weight is 596 g/mol. The highest BCUT2D eigenvalue weighted by Gasteiger charge is 2.51. The lowest BCUT2D eigenvalue weighted by Crippen LogP contribution is -2.31. The Hall–Kier alpha value is -3.76. The molecule has 11 heteroatoms. The third-order valence-corrected chi connectivity index (χ3v) is 7.94. The Bertz CT molecular complexity index is 1530.